The Hall–Kier alpha value is -2.70. The Morgan fingerprint density at radius 1 is 1.17 bits per heavy atom. The fraction of sp³-hybridized carbons (Fsp3) is 0.227. The van der Waals surface area contributed by atoms with Gasteiger partial charge in [0.2, 0.25) is 0 Å². The van der Waals surface area contributed by atoms with Gasteiger partial charge in [0, 0.05) is 31.0 Å². The van der Waals surface area contributed by atoms with Crippen molar-refractivity contribution in [1.82, 2.24) is 14.5 Å². The summed E-state index contributed by atoms with van der Waals surface area (Å²) >= 11 is 1.58. The molecule has 4 rings (SSSR count). The molecule has 7 heteroatoms. The van der Waals surface area contributed by atoms with E-state index in [1.807, 2.05) is 52.1 Å². The summed E-state index contributed by atoms with van der Waals surface area (Å²) in [6, 6.07) is 15.7. The molecule has 2 aromatic heterocycles. The van der Waals surface area contributed by atoms with Crippen molar-refractivity contribution in [2.24, 2.45) is 0 Å². The van der Waals surface area contributed by atoms with Crippen molar-refractivity contribution in [3.63, 3.8) is 0 Å². The average molecular weight is 427 g/mol. The Bertz CT molecular complexity index is 1060. The summed E-state index contributed by atoms with van der Waals surface area (Å²) in [7, 11) is 0. The van der Waals surface area contributed by atoms with Gasteiger partial charge in [-0.3, -0.25) is 9.69 Å². The zero-order valence-electron chi connectivity index (χ0n) is 16.2. The summed E-state index contributed by atoms with van der Waals surface area (Å²) in [6.45, 7) is 3.56. The molecule has 0 aliphatic rings. The third kappa shape index (κ3) is 4.83. The number of carbonyl (C=O) groups excluding carboxylic acids is 1. The van der Waals surface area contributed by atoms with Gasteiger partial charge in [-0.2, -0.15) is 0 Å². The van der Waals surface area contributed by atoms with Gasteiger partial charge in [0.25, 0.3) is 5.91 Å². The van der Waals surface area contributed by atoms with Gasteiger partial charge >= 0.3 is 0 Å². The van der Waals surface area contributed by atoms with E-state index in [9.17, 15) is 4.79 Å². The number of imidazole rings is 1. The number of nitrogens with zero attached hydrogens (tertiary/aromatic N) is 4. The van der Waals surface area contributed by atoms with Crippen LogP contribution in [0.25, 0.3) is 10.2 Å². The van der Waals surface area contributed by atoms with Crippen LogP contribution in [0.1, 0.15) is 29.3 Å². The zero-order chi connectivity index (χ0) is 19.3. The number of amides is 1. The van der Waals surface area contributed by atoms with Crippen LogP contribution < -0.4 is 4.90 Å². The van der Waals surface area contributed by atoms with Crippen molar-refractivity contribution >= 4 is 45.0 Å². The minimum absolute atomic E-state index is 0. The molecule has 0 spiro atoms. The van der Waals surface area contributed by atoms with E-state index in [0.29, 0.717) is 12.1 Å². The van der Waals surface area contributed by atoms with Gasteiger partial charge in [-0.05, 0) is 42.7 Å². The highest BCUT2D eigenvalue weighted by atomic mass is 35.5. The van der Waals surface area contributed by atoms with E-state index in [2.05, 4.69) is 24.0 Å². The second kappa shape index (κ2) is 9.67. The number of halogens is 1. The van der Waals surface area contributed by atoms with Crippen LogP contribution in [-0.2, 0) is 13.0 Å². The second-order valence-electron chi connectivity index (χ2n) is 6.63. The third-order valence-electron chi connectivity index (χ3n) is 4.70. The van der Waals surface area contributed by atoms with Gasteiger partial charge < -0.3 is 4.57 Å². The molecule has 0 saturated carbocycles. The lowest BCUT2D eigenvalue weighted by Crippen LogP contribution is -2.32. The van der Waals surface area contributed by atoms with E-state index in [0.717, 1.165) is 34.7 Å². The van der Waals surface area contributed by atoms with Crippen molar-refractivity contribution in [3.05, 3.63) is 78.4 Å². The Balaban J connectivity index is 0.00000240. The van der Waals surface area contributed by atoms with Gasteiger partial charge in [0.1, 0.15) is 0 Å². The minimum atomic E-state index is -0.0130. The molecule has 4 aromatic rings. The summed E-state index contributed by atoms with van der Waals surface area (Å²) in [6.07, 6.45) is 7.32. The fourth-order valence-corrected chi connectivity index (χ4v) is 4.20. The molecule has 0 fully saturated rings. The maximum absolute atomic E-state index is 13.2. The van der Waals surface area contributed by atoms with Crippen LogP contribution in [-0.4, -0.2) is 27.0 Å². The van der Waals surface area contributed by atoms with Crippen molar-refractivity contribution in [1.29, 1.82) is 0 Å². The lowest BCUT2D eigenvalue weighted by molar-refractivity contribution is 0.0986. The van der Waals surface area contributed by atoms with E-state index >= 15 is 0 Å². The van der Waals surface area contributed by atoms with Gasteiger partial charge in [0.05, 0.1) is 16.5 Å². The van der Waals surface area contributed by atoms with Crippen molar-refractivity contribution in [3.8, 4) is 0 Å². The molecular formula is C22H23ClN4OS. The number of thiazole rings is 1. The van der Waals surface area contributed by atoms with Gasteiger partial charge in [0.15, 0.2) is 5.13 Å². The Kier molecular flexibility index (Phi) is 7.01. The number of hydrogen-bond donors (Lipinski definition) is 0. The second-order valence-corrected chi connectivity index (χ2v) is 7.64. The molecule has 0 aliphatic heterocycles. The molecule has 150 valence electrons. The van der Waals surface area contributed by atoms with Crippen LogP contribution in [0.5, 0.6) is 0 Å². The first kappa shape index (κ1) is 21.0. The first-order valence-corrected chi connectivity index (χ1v) is 10.3. The highest BCUT2D eigenvalue weighted by molar-refractivity contribution is 7.22. The molecule has 0 aliphatic carbocycles. The van der Waals surface area contributed by atoms with Crippen molar-refractivity contribution < 1.29 is 4.79 Å². The van der Waals surface area contributed by atoms with Crippen LogP contribution in [0.2, 0.25) is 0 Å². The summed E-state index contributed by atoms with van der Waals surface area (Å²) in [5.41, 5.74) is 2.90. The van der Waals surface area contributed by atoms with Crippen LogP contribution in [0, 0.1) is 0 Å². The molecule has 2 heterocycles. The van der Waals surface area contributed by atoms with E-state index in [1.54, 1.807) is 23.9 Å². The van der Waals surface area contributed by atoms with E-state index < -0.39 is 0 Å². The SMILES string of the molecule is CCc1ccc2nc(N(CCCn3ccnc3)C(=O)c3ccccc3)sc2c1.Cl. The summed E-state index contributed by atoms with van der Waals surface area (Å²) in [5.74, 6) is -0.0130. The van der Waals surface area contributed by atoms with Crippen LogP contribution in [0.3, 0.4) is 0 Å². The highest BCUT2D eigenvalue weighted by Crippen LogP contribution is 2.30. The molecule has 0 N–H and O–H groups in total. The molecular weight excluding hydrogens is 404 g/mol. The standard InChI is InChI=1S/C22H22N4OS.ClH/c1-2-17-9-10-19-20(15-17)28-22(24-19)26(13-6-12-25-14-11-23-16-25)21(27)18-7-4-3-5-8-18;/h3-5,7-11,14-16H,2,6,12-13H2,1H3;1H. The van der Waals surface area contributed by atoms with Gasteiger partial charge in [-0.25, -0.2) is 9.97 Å². The maximum Gasteiger partial charge on any atom is 0.260 e. The third-order valence-corrected chi connectivity index (χ3v) is 5.74. The molecule has 0 saturated heterocycles. The molecule has 0 bridgehead atoms. The molecule has 1 amide bonds. The number of carbonyl (C=O) groups is 1. The van der Waals surface area contributed by atoms with E-state index in [4.69, 9.17) is 4.98 Å². The number of aromatic nitrogens is 3. The molecule has 5 nitrogen and oxygen atoms in total. The number of fused-ring (bicyclic) bond motifs is 1. The lowest BCUT2D eigenvalue weighted by Gasteiger charge is -2.20. The lowest BCUT2D eigenvalue weighted by atomic mass is 10.2. The average Bonchev–Trinajstić information content (AvgIpc) is 3.40. The van der Waals surface area contributed by atoms with Crippen molar-refractivity contribution in [2.75, 3.05) is 11.4 Å². The summed E-state index contributed by atoms with van der Waals surface area (Å²) in [4.78, 5) is 23.9. The maximum atomic E-state index is 13.2. The van der Waals surface area contributed by atoms with Crippen LogP contribution >= 0.6 is 23.7 Å². The van der Waals surface area contributed by atoms with Gasteiger partial charge in [-0.15, -0.1) is 12.4 Å². The number of anilines is 1. The first-order valence-electron chi connectivity index (χ1n) is 9.46. The monoisotopic (exact) mass is 426 g/mol. The predicted octanol–water partition coefficient (Wildman–Crippen LogP) is 5.21. The molecule has 0 atom stereocenters. The minimum Gasteiger partial charge on any atom is -0.337 e. The zero-order valence-corrected chi connectivity index (χ0v) is 17.8. The molecule has 2 aromatic carbocycles. The quantitative estimate of drug-likeness (QED) is 0.407. The predicted molar refractivity (Wildman–Crippen MR) is 121 cm³/mol. The van der Waals surface area contributed by atoms with Crippen LogP contribution in [0.4, 0.5) is 5.13 Å². The Morgan fingerprint density at radius 3 is 2.72 bits per heavy atom. The summed E-state index contributed by atoms with van der Waals surface area (Å²) < 4.78 is 3.15. The van der Waals surface area contributed by atoms with E-state index in [-0.39, 0.29) is 18.3 Å². The van der Waals surface area contributed by atoms with Crippen molar-refractivity contribution in [2.45, 2.75) is 26.3 Å². The number of benzene rings is 2. The summed E-state index contributed by atoms with van der Waals surface area (Å²) in [5, 5.41) is 0.753. The first-order chi connectivity index (χ1) is 13.7. The number of hydrogen-bond acceptors (Lipinski definition) is 4. The smallest absolute Gasteiger partial charge is 0.260 e. The fourth-order valence-electron chi connectivity index (χ4n) is 3.14. The Labute approximate surface area is 180 Å². The normalized spacial score (nSPS) is 10.7. The van der Waals surface area contributed by atoms with Crippen LogP contribution in [0.15, 0.2) is 67.3 Å². The Morgan fingerprint density at radius 2 is 2.00 bits per heavy atom. The topological polar surface area (TPSA) is 51.0 Å². The van der Waals surface area contributed by atoms with Gasteiger partial charge in [-0.1, -0.05) is 42.5 Å². The molecule has 0 radical (unpaired) electrons. The van der Waals surface area contributed by atoms with E-state index in [1.165, 1.54) is 5.56 Å². The number of aryl methyl sites for hydroxylation is 2. The number of rotatable bonds is 7. The molecule has 29 heavy (non-hydrogen) atoms. The largest absolute Gasteiger partial charge is 0.337 e. The highest BCUT2D eigenvalue weighted by Gasteiger charge is 2.21. The molecule has 0 unspecified atom stereocenters.